The highest BCUT2D eigenvalue weighted by Crippen LogP contribution is 2.20. The molecule has 19 heavy (non-hydrogen) atoms. The number of unbranched alkanes of at least 4 members (excludes halogenated alkanes) is 1. The number of hydrogen-bond acceptors (Lipinski definition) is 4. The molecule has 0 bridgehead atoms. The lowest BCUT2D eigenvalue weighted by Crippen LogP contribution is -1.98. The Labute approximate surface area is 113 Å². The van der Waals surface area contributed by atoms with E-state index in [0.717, 1.165) is 36.5 Å². The summed E-state index contributed by atoms with van der Waals surface area (Å²) in [5.74, 6) is 2.02. The summed E-state index contributed by atoms with van der Waals surface area (Å²) >= 11 is 0. The SMILES string of the molecule is CCCCOc1ccc(-c2nc(C)cc(N)n2)cc1. The van der Waals surface area contributed by atoms with E-state index < -0.39 is 0 Å². The van der Waals surface area contributed by atoms with Crippen LogP contribution in [0.2, 0.25) is 0 Å². The van der Waals surface area contributed by atoms with Crippen LogP contribution in [-0.2, 0) is 0 Å². The van der Waals surface area contributed by atoms with E-state index in [-0.39, 0.29) is 0 Å². The van der Waals surface area contributed by atoms with Crippen LogP contribution in [0.15, 0.2) is 30.3 Å². The molecule has 0 amide bonds. The molecule has 0 saturated heterocycles. The third-order valence-corrected chi connectivity index (χ3v) is 2.75. The number of anilines is 1. The summed E-state index contributed by atoms with van der Waals surface area (Å²) in [6.45, 7) is 4.81. The number of ether oxygens (including phenoxy) is 1. The van der Waals surface area contributed by atoms with E-state index in [1.54, 1.807) is 6.07 Å². The van der Waals surface area contributed by atoms with Crippen LogP contribution in [0.5, 0.6) is 5.75 Å². The van der Waals surface area contributed by atoms with Gasteiger partial charge in [0.2, 0.25) is 0 Å². The molecular formula is C15H19N3O. The highest BCUT2D eigenvalue weighted by molar-refractivity contribution is 5.58. The van der Waals surface area contributed by atoms with Crippen molar-refractivity contribution < 1.29 is 4.74 Å². The van der Waals surface area contributed by atoms with Crippen LogP contribution in [-0.4, -0.2) is 16.6 Å². The summed E-state index contributed by atoms with van der Waals surface area (Å²) in [5, 5.41) is 0. The number of aromatic nitrogens is 2. The van der Waals surface area contributed by atoms with E-state index in [2.05, 4.69) is 16.9 Å². The molecule has 1 heterocycles. The second-order valence-electron chi connectivity index (χ2n) is 4.48. The van der Waals surface area contributed by atoms with Crippen LogP contribution in [0.25, 0.3) is 11.4 Å². The van der Waals surface area contributed by atoms with Crippen LogP contribution in [0.4, 0.5) is 5.82 Å². The summed E-state index contributed by atoms with van der Waals surface area (Å²) in [7, 11) is 0. The molecule has 0 aliphatic rings. The minimum Gasteiger partial charge on any atom is -0.494 e. The van der Waals surface area contributed by atoms with Gasteiger partial charge in [-0.15, -0.1) is 0 Å². The van der Waals surface area contributed by atoms with Crippen LogP contribution in [0.1, 0.15) is 25.5 Å². The Morgan fingerprint density at radius 3 is 2.53 bits per heavy atom. The van der Waals surface area contributed by atoms with Crippen LogP contribution >= 0.6 is 0 Å². The average Bonchev–Trinajstić information content (AvgIpc) is 2.39. The highest BCUT2D eigenvalue weighted by Gasteiger charge is 2.04. The lowest BCUT2D eigenvalue weighted by Gasteiger charge is -2.07. The molecule has 1 aromatic carbocycles. The van der Waals surface area contributed by atoms with Gasteiger partial charge < -0.3 is 10.5 Å². The highest BCUT2D eigenvalue weighted by atomic mass is 16.5. The zero-order chi connectivity index (χ0) is 13.7. The Morgan fingerprint density at radius 1 is 1.16 bits per heavy atom. The van der Waals surface area contributed by atoms with Crippen molar-refractivity contribution in [3.63, 3.8) is 0 Å². The summed E-state index contributed by atoms with van der Waals surface area (Å²) in [5.41, 5.74) is 7.54. The van der Waals surface area contributed by atoms with Crippen molar-refractivity contribution in [3.8, 4) is 17.1 Å². The Balaban J connectivity index is 2.13. The van der Waals surface area contributed by atoms with E-state index >= 15 is 0 Å². The monoisotopic (exact) mass is 257 g/mol. The maximum Gasteiger partial charge on any atom is 0.161 e. The third-order valence-electron chi connectivity index (χ3n) is 2.75. The number of nitrogens with two attached hydrogens (primary N) is 1. The van der Waals surface area contributed by atoms with Gasteiger partial charge in [0, 0.05) is 17.3 Å². The first kappa shape index (κ1) is 13.3. The van der Waals surface area contributed by atoms with Gasteiger partial charge in [0.25, 0.3) is 0 Å². The Hall–Kier alpha value is -2.10. The first-order valence-electron chi connectivity index (χ1n) is 6.53. The normalized spacial score (nSPS) is 10.4. The largest absolute Gasteiger partial charge is 0.494 e. The molecule has 100 valence electrons. The fourth-order valence-corrected chi connectivity index (χ4v) is 1.76. The van der Waals surface area contributed by atoms with Crippen LogP contribution in [0.3, 0.4) is 0 Å². The quantitative estimate of drug-likeness (QED) is 0.835. The van der Waals surface area contributed by atoms with Gasteiger partial charge in [-0.3, -0.25) is 0 Å². The first-order valence-corrected chi connectivity index (χ1v) is 6.53. The van der Waals surface area contributed by atoms with E-state index in [4.69, 9.17) is 10.5 Å². The molecule has 2 aromatic rings. The lowest BCUT2D eigenvalue weighted by molar-refractivity contribution is 0.309. The summed E-state index contributed by atoms with van der Waals surface area (Å²) in [4.78, 5) is 8.61. The fourth-order valence-electron chi connectivity index (χ4n) is 1.76. The molecule has 0 radical (unpaired) electrons. The zero-order valence-electron chi connectivity index (χ0n) is 11.4. The summed E-state index contributed by atoms with van der Waals surface area (Å²) < 4.78 is 5.62. The first-order chi connectivity index (χ1) is 9.19. The molecule has 0 aliphatic carbocycles. The van der Waals surface area contributed by atoms with E-state index in [1.807, 2.05) is 31.2 Å². The van der Waals surface area contributed by atoms with Crippen molar-refractivity contribution in [2.75, 3.05) is 12.3 Å². The molecule has 0 saturated carbocycles. The zero-order valence-corrected chi connectivity index (χ0v) is 11.4. The van der Waals surface area contributed by atoms with Gasteiger partial charge in [-0.05, 0) is 37.6 Å². The minimum absolute atomic E-state index is 0.491. The van der Waals surface area contributed by atoms with Gasteiger partial charge in [-0.1, -0.05) is 13.3 Å². The lowest BCUT2D eigenvalue weighted by atomic mass is 10.2. The standard InChI is InChI=1S/C15H19N3O/c1-3-4-9-19-13-7-5-12(6-8-13)15-17-11(2)10-14(16)18-15/h5-8,10H,3-4,9H2,1-2H3,(H2,16,17,18). The van der Waals surface area contributed by atoms with E-state index in [9.17, 15) is 0 Å². The second-order valence-corrected chi connectivity index (χ2v) is 4.48. The van der Waals surface area contributed by atoms with Gasteiger partial charge in [0.05, 0.1) is 6.61 Å². The molecule has 0 spiro atoms. The minimum atomic E-state index is 0.491. The fraction of sp³-hybridized carbons (Fsp3) is 0.333. The van der Waals surface area contributed by atoms with Crippen molar-refractivity contribution in [1.82, 2.24) is 9.97 Å². The molecule has 1 aromatic heterocycles. The molecule has 2 N–H and O–H groups in total. The average molecular weight is 257 g/mol. The van der Waals surface area contributed by atoms with Crippen molar-refractivity contribution in [2.24, 2.45) is 0 Å². The van der Waals surface area contributed by atoms with Crippen molar-refractivity contribution in [3.05, 3.63) is 36.0 Å². The Bertz CT molecular complexity index is 517. The van der Waals surface area contributed by atoms with Crippen LogP contribution < -0.4 is 10.5 Å². The van der Waals surface area contributed by atoms with Gasteiger partial charge in [0.15, 0.2) is 5.82 Å². The van der Waals surface area contributed by atoms with Crippen LogP contribution in [0, 0.1) is 6.92 Å². The Morgan fingerprint density at radius 2 is 1.89 bits per heavy atom. The molecule has 4 heteroatoms. The van der Waals surface area contributed by atoms with Gasteiger partial charge in [-0.2, -0.15) is 0 Å². The third kappa shape index (κ3) is 3.68. The number of rotatable bonds is 5. The van der Waals surface area contributed by atoms with Gasteiger partial charge >= 0.3 is 0 Å². The Kier molecular flexibility index (Phi) is 4.34. The molecule has 0 fully saturated rings. The summed E-state index contributed by atoms with van der Waals surface area (Å²) in [6.07, 6.45) is 2.20. The predicted molar refractivity (Wildman–Crippen MR) is 77.0 cm³/mol. The maximum absolute atomic E-state index is 5.73. The maximum atomic E-state index is 5.73. The van der Waals surface area contributed by atoms with Gasteiger partial charge in [0.1, 0.15) is 11.6 Å². The molecular weight excluding hydrogens is 238 g/mol. The number of hydrogen-bond donors (Lipinski definition) is 1. The molecule has 4 nitrogen and oxygen atoms in total. The number of aryl methyl sites for hydroxylation is 1. The predicted octanol–water partition coefficient (Wildman–Crippen LogP) is 3.21. The number of benzene rings is 1. The topological polar surface area (TPSA) is 61.0 Å². The van der Waals surface area contributed by atoms with E-state index in [0.29, 0.717) is 11.6 Å². The molecule has 0 atom stereocenters. The van der Waals surface area contributed by atoms with Crippen molar-refractivity contribution in [2.45, 2.75) is 26.7 Å². The number of nitrogens with zero attached hydrogens (tertiary/aromatic N) is 2. The molecule has 0 unspecified atom stereocenters. The van der Waals surface area contributed by atoms with Crippen molar-refractivity contribution in [1.29, 1.82) is 0 Å². The van der Waals surface area contributed by atoms with Crippen molar-refractivity contribution >= 4 is 5.82 Å². The smallest absolute Gasteiger partial charge is 0.161 e. The molecule has 2 rings (SSSR count). The molecule has 0 aliphatic heterocycles. The second kappa shape index (κ2) is 6.18. The van der Waals surface area contributed by atoms with Gasteiger partial charge in [-0.25, -0.2) is 9.97 Å². The summed E-state index contributed by atoms with van der Waals surface area (Å²) in [6, 6.07) is 9.54. The van der Waals surface area contributed by atoms with E-state index in [1.165, 1.54) is 0 Å². The number of nitrogen functional groups attached to an aromatic ring is 1.